The molecule has 4 nitrogen and oxygen atoms in total. The smallest absolute Gasteiger partial charge is 0.268 e. The lowest BCUT2D eigenvalue weighted by atomic mass is 10.1. The van der Waals surface area contributed by atoms with Gasteiger partial charge in [0.2, 0.25) is 0 Å². The van der Waals surface area contributed by atoms with Gasteiger partial charge in [-0.25, -0.2) is 4.39 Å². The molecule has 1 amide bonds. The molecule has 2 heterocycles. The maximum absolute atomic E-state index is 13.5. The Hall–Kier alpha value is -2.56. The molecule has 0 saturated heterocycles. The van der Waals surface area contributed by atoms with Gasteiger partial charge in [0.05, 0.1) is 11.8 Å². The van der Waals surface area contributed by atoms with Crippen LogP contribution in [0, 0.1) is 5.82 Å². The Morgan fingerprint density at radius 2 is 1.96 bits per heavy atom. The van der Waals surface area contributed by atoms with E-state index in [4.69, 9.17) is 4.42 Å². The van der Waals surface area contributed by atoms with Crippen molar-refractivity contribution in [2.75, 3.05) is 0 Å². The minimum Gasteiger partial charge on any atom is -0.463 e. The van der Waals surface area contributed by atoms with Crippen LogP contribution in [0.5, 0.6) is 0 Å². The van der Waals surface area contributed by atoms with Crippen LogP contribution >= 0.6 is 0 Å². The molecule has 0 spiro atoms. The van der Waals surface area contributed by atoms with Gasteiger partial charge < -0.3 is 14.3 Å². The number of carbonyl (C=O) groups excluding carboxylic acids is 1. The molecule has 0 aliphatic heterocycles. The van der Waals surface area contributed by atoms with Crippen LogP contribution in [0.15, 0.2) is 47.1 Å². The number of benzene rings is 1. The maximum atomic E-state index is 13.5. The number of nitrogens with zero attached hydrogens (tertiary/aromatic N) is 1. The second-order valence-electron chi connectivity index (χ2n) is 7.08. The van der Waals surface area contributed by atoms with E-state index in [1.54, 1.807) is 18.4 Å². The first kappa shape index (κ1) is 16.9. The summed E-state index contributed by atoms with van der Waals surface area (Å²) in [6.07, 6.45) is 8.50. The molecule has 2 aromatic heterocycles. The average Bonchev–Trinajstić information content (AvgIpc) is 3.10. The van der Waals surface area contributed by atoms with Crippen molar-refractivity contribution in [3.05, 3.63) is 59.7 Å². The Bertz CT molecular complexity index is 904. The number of halogens is 1. The average molecular weight is 354 g/mol. The highest BCUT2D eigenvalue weighted by molar-refractivity contribution is 5.97. The van der Waals surface area contributed by atoms with E-state index in [0.29, 0.717) is 17.8 Å². The van der Waals surface area contributed by atoms with Crippen molar-refractivity contribution in [3.63, 3.8) is 0 Å². The number of carbonyl (C=O) groups is 1. The van der Waals surface area contributed by atoms with Gasteiger partial charge >= 0.3 is 0 Å². The fourth-order valence-electron chi connectivity index (χ4n) is 3.84. The van der Waals surface area contributed by atoms with E-state index in [1.807, 2.05) is 16.7 Å². The van der Waals surface area contributed by atoms with Crippen LogP contribution in [0.1, 0.15) is 54.6 Å². The van der Waals surface area contributed by atoms with Crippen molar-refractivity contribution in [2.45, 2.75) is 51.1 Å². The highest BCUT2D eigenvalue weighted by Gasteiger charge is 2.21. The summed E-state index contributed by atoms with van der Waals surface area (Å²) in [6.45, 7) is 0.425. The monoisotopic (exact) mass is 354 g/mol. The first-order valence-electron chi connectivity index (χ1n) is 9.33. The standard InChI is InChI=1S/C21H23FN2O2/c22-16-7-5-6-15(12-16)14-24-18-10-11-26-20(18)13-19(24)21(25)23-17-8-3-1-2-4-9-17/h5-7,10-13,17H,1-4,8-9,14H2,(H,23,25). The number of furan rings is 1. The zero-order valence-electron chi connectivity index (χ0n) is 14.7. The zero-order chi connectivity index (χ0) is 17.9. The minimum atomic E-state index is -0.275. The summed E-state index contributed by atoms with van der Waals surface area (Å²) in [4.78, 5) is 12.9. The van der Waals surface area contributed by atoms with Crippen LogP contribution < -0.4 is 5.32 Å². The molecule has 26 heavy (non-hydrogen) atoms. The topological polar surface area (TPSA) is 47.2 Å². The van der Waals surface area contributed by atoms with E-state index in [9.17, 15) is 9.18 Å². The van der Waals surface area contributed by atoms with Gasteiger partial charge in [0, 0.05) is 24.7 Å². The predicted octanol–water partition coefficient (Wildman–Crippen LogP) is 4.87. The molecular weight excluding hydrogens is 331 g/mol. The molecule has 0 bridgehead atoms. The van der Waals surface area contributed by atoms with E-state index in [2.05, 4.69) is 5.32 Å². The molecular formula is C21H23FN2O2. The van der Waals surface area contributed by atoms with E-state index >= 15 is 0 Å². The number of fused-ring (bicyclic) bond motifs is 1. The van der Waals surface area contributed by atoms with Gasteiger partial charge in [-0.1, -0.05) is 37.8 Å². The normalized spacial score (nSPS) is 15.9. The summed E-state index contributed by atoms with van der Waals surface area (Å²) in [5.41, 5.74) is 2.90. The lowest BCUT2D eigenvalue weighted by Gasteiger charge is -2.17. The van der Waals surface area contributed by atoms with Gasteiger partial charge in [-0.2, -0.15) is 0 Å². The Morgan fingerprint density at radius 1 is 1.15 bits per heavy atom. The Kier molecular flexibility index (Phi) is 4.78. The third-order valence-electron chi connectivity index (χ3n) is 5.18. The summed E-state index contributed by atoms with van der Waals surface area (Å²) >= 11 is 0. The second-order valence-corrected chi connectivity index (χ2v) is 7.08. The lowest BCUT2D eigenvalue weighted by molar-refractivity contribution is 0.0925. The Labute approximate surface area is 152 Å². The summed E-state index contributed by atoms with van der Waals surface area (Å²) in [5.74, 6) is -0.359. The SMILES string of the molecule is O=C(NC1CCCCCC1)c1cc2occc2n1Cc1cccc(F)c1. The summed E-state index contributed by atoms with van der Waals surface area (Å²) < 4.78 is 20.9. The van der Waals surface area contributed by atoms with Gasteiger partial charge in [0.1, 0.15) is 11.5 Å². The molecule has 1 fully saturated rings. The molecule has 1 aromatic carbocycles. The molecule has 5 heteroatoms. The fourth-order valence-corrected chi connectivity index (χ4v) is 3.84. The van der Waals surface area contributed by atoms with Crippen molar-refractivity contribution in [2.24, 2.45) is 0 Å². The Balaban J connectivity index is 1.61. The maximum Gasteiger partial charge on any atom is 0.268 e. The minimum absolute atomic E-state index is 0.0836. The highest BCUT2D eigenvalue weighted by Crippen LogP contribution is 2.24. The van der Waals surface area contributed by atoms with E-state index in [1.165, 1.54) is 25.0 Å². The Morgan fingerprint density at radius 3 is 2.73 bits per heavy atom. The predicted molar refractivity (Wildman–Crippen MR) is 98.7 cm³/mol. The quantitative estimate of drug-likeness (QED) is 0.679. The molecule has 4 rings (SSSR count). The molecule has 136 valence electrons. The van der Waals surface area contributed by atoms with Crippen LogP contribution in [-0.4, -0.2) is 16.5 Å². The van der Waals surface area contributed by atoms with Crippen molar-refractivity contribution < 1.29 is 13.6 Å². The fraction of sp³-hybridized carbons (Fsp3) is 0.381. The molecule has 1 saturated carbocycles. The second kappa shape index (κ2) is 7.36. The van der Waals surface area contributed by atoms with E-state index in [-0.39, 0.29) is 17.8 Å². The van der Waals surface area contributed by atoms with Crippen LogP contribution in [0.3, 0.4) is 0 Å². The number of rotatable bonds is 4. The summed E-state index contributed by atoms with van der Waals surface area (Å²) in [5, 5.41) is 3.19. The van der Waals surface area contributed by atoms with E-state index < -0.39 is 0 Å². The zero-order valence-corrected chi connectivity index (χ0v) is 14.7. The number of amides is 1. The first-order valence-corrected chi connectivity index (χ1v) is 9.33. The lowest BCUT2D eigenvalue weighted by Crippen LogP contribution is -2.35. The summed E-state index contributed by atoms with van der Waals surface area (Å²) in [6, 6.07) is 10.3. The van der Waals surface area contributed by atoms with Crippen molar-refractivity contribution in [1.29, 1.82) is 0 Å². The third kappa shape index (κ3) is 3.52. The number of aromatic nitrogens is 1. The van der Waals surface area contributed by atoms with Crippen molar-refractivity contribution >= 4 is 17.0 Å². The number of hydrogen-bond acceptors (Lipinski definition) is 2. The van der Waals surface area contributed by atoms with Crippen LogP contribution in [0.4, 0.5) is 4.39 Å². The molecule has 1 aliphatic rings. The van der Waals surface area contributed by atoms with Crippen LogP contribution in [0.2, 0.25) is 0 Å². The van der Waals surface area contributed by atoms with Gasteiger partial charge in [0.25, 0.3) is 5.91 Å². The van der Waals surface area contributed by atoms with Gasteiger partial charge in [-0.15, -0.1) is 0 Å². The number of hydrogen-bond donors (Lipinski definition) is 1. The van der Waals surface area contributed by atoms with Crippen LogP contribution in [-0.2, 0) is 6.54 Å². The summed E-state index contributed by atoms with van der Waals surface area (Å²) in [7, 11) is 0. The van der Waals surface area contributed by atoms with E-state index in [0.717, 1.165) is 36.8 Å². The van der Waals surface area contributed by atoms with Crippen molar-refractivity contribution in [1.82, 2.24) is 9.88 Å². The van der Waals surface area contributed by atoms with Gasteiger partial charge in [-0.05, 0) is 30.5 Å². The third-order valence-corrected chi connectivity index (χ3v) is 5.18. The van der Waals surface area contributed by atoms with Crippen LogP contribution in [0.25, 0.3) is 11.1 Å². The first-order chi connectivity index (χ1) is 12.7. The number of nitrogens with one attached hydrogen (secondary N) is 1. The molecule has 0 atom stereocenters. The van der Waals surface area contributed by atoms with Gasteiger partial charge in [0.15, 0.2) is 5.58 Å². The molecule has 0 radical (unpaired) electrons. The highest BCUT2D eigenvalue weighted by atomic mass is 19.1. The molecule has 0 unspecified atom stereocenters. The molecule has 3 aromatic rings. The van der Waals surface area contributed by atoms with Gasteiger partial charge in [-0.3, -0.25) is 4.79 Å². The molecule has 1 N–H and O–H groups in total. The molecule has 1 aliphatic carbocycles. The largest absolute Gasteiger partial charge is 0.463 e. The van der Waals surface area contributed by atoms with Crippen molar-refractivity contribution in [3.8, 4) is 0 Å².